The quantitative estimate of drug-likeness (QED) is 0.884. The first-order chi connectivity index (χ1) is 10.2. The Labute approximate surface area is 125 Å². The molecule has 0 spiro atoms. The number of aryl methyl sites for hydroxylation is 1. The number of hydrogen-bond acceptors (Lipinski definition) is 4. The van der Waals surface area contributed by atoms with Crippen LogP contribution in [0.2, 0.25) is 0 Å². The highest BCUT2D eigenvalue weighted by Crippen LogP contribution is 2.21. The van der Waals surface area contributed by atoms with Crippen molar-refractivity contribution < 1.29 is 4.74 Å². The second kappa shape index (κ2) is 6.22. The summed E-state index contributed by atoms with van der Waals surface area (Å²) in [7, 11) is 0. The molecule has 1 aromatic heterocycles. The van der Waals surface area contributed by atoms with Gasteiger partial charge in [0.05, 0.1) is 0 Å². The molecule has 1 aliphatic carbocycles. The maximum Gasteiger partial charge on any atom is 0.317 e. The highest BCUT2D eigenvalue weighted by molar-refractivity contribution is 5.20. The lowest BCUT2D eigenvalue weighted by atomic mass is 10.1. The fourth-order valence-corrected chi connectivity index (χ4v) is 2.19. The van der Waals surface area contributed by atoms with Gasteiger partial charge in [0.1, 0.15) is 6.10 Å². The lowest BCUT2D eigenvalue weighted by Gasteiger charge is -2.14. The molecule has 1 aromatic carbocycles. The topological polar surface area (TPSA) is 47.0 Å². The van der Waals surface area contributed by atoms with Crippen molar-refractivity contribution in [3.8, 4) is 6.01 Å². The summed E-state index contributed by atoms with van der Waals surface area (Å²) in [6.07, 6.45) is 4.39. The summed E-state index contributed by atoms with van der Waals surface area (Å²) in [6.45, 7) is 4.85. The van der Waals surface area contributed by atoms with Gasteiger partial charge in [0.25, 0.3) is 0 Å². The van der Waals surface area contributed by atoms with E-state index in [2.05, 4.69) is 15.3 Å². The molecule has 0 aliphatic heterocycles. The van der Waals surface area contributed by atoms with E-state index in [-0.39, 0.29) is 6.10 Å². The van der Waals surface area contributed by atoms with Gasteiger partial charge < -0.3 is 10.1 Å². The Morgan fingerprint density at radius 2 is 2.05 bits per heavy atom. The number of nitrogens with zero attached hydrogens (tertiary/aromatic N) is 2. The fourth-order valence-electron chi connectivity index (χ4n) is 2.19. The molecule has 0 bridgehead atoms. The van der Waals surface area contributed by atoms with Crippen molar-refractivity contribution >= 4 is 0 Å². The molecule has 1 unspecified atom stereocenters. The van der Waals surface area contributed by atoms with Crippen molar-refractivity contribution in [2.24, 2.45) is 0 Å². The van der Waals surface area contributed by atoms with Crippen molar-refractivity contribution in [1.82, 2.24) is 15.3 Å². The zero-order chi connectivity index (χ0) is 14.7. The second-order valence-corrected chi connectivity index (χ2v) is 5.59. The monoisotopic (exact) mass is 283 g/mol. The van der Waals surface area contributed by atoms with Crippen molar-refractivity contribution in [2.45, 2.75) is 45.4 Å². The molecule has 0 amide bonds. The molecule has 1 heterocycles. The van der Waals surface area contributed by atoms with E-state index in [9.17, 15) is 0 Å². The zero-order valence-corrected chi connectivity index (χ0v) is 12.5. The van der Waals surface area contributed by atoms with Gasteiger partial charge in [-0.2, -0.15) is 0 Å². The molecule has 1 atom stereocenters. The first-order valence-corrected chi connectivity index (χ1v) is 7.50. The molecule has 1 fully saturated rings. The zero-order valence-electron chi connectivity index (χ0n) is 12.5. The Bertz CT molecular complexity index is 596. The highest BCUT2D eigenvalue weighted by Gasteiger charge is 2.20. The van der Waals surface area contributed by atoms with Crippen LogP contribution in [-0.2, 0) is 6.54 Å². The lowest BCUT2D eigenvalue weighted by Crippen LogP contribution is -2.17. The molecule has 0 saturated heterocycles. The number of benzene rings is 1. The first-order valence-electron chi connectivity index (χ1n) is 7.50. The molecule has 4 nitrogen and oxygen atoms in total. The molecule has 110 valence electrons. The summed E-state index contributed by atoms with van der Waals surface area (Å²) >= 11 is 0. The third-order valence-electron chi connectivity index (χ3n) is 3.77. The minimum absolute atomic E-state index is 0.0546. The van der Waals surface area contributed by atoms with Gasteiger partial charge in [-0.1, -0.05) is 30.3 Å². The summed E-state index contributed by atoms with van der Waals surface area (Å²) in [4.78, 5) is 8.79. The van der Waals surface area contributed by atoms with Crippen LogP contribution in [0.1, 0.15) is 42.7 Å². The van der Waals surface area contributed by atoms with Crippen LogP contribution in [0, 0.1) is 6.92 Å². The first kappa shape index (κ1) is 14.0. The van der Waals surface area contributed by atoms with E-state index in [1.165, 1.54) is 12.8 Å². The molecule has 3 rings (SSSR count). The summed E-state index contributed by atoms with van der Waals surface area (Å²) in [5.74, 6) is 0. The van der Waals surface area contributed by atoms with E-state index < -0.39 is 0 Å². The Kier molecular flexibility index (Phi) is 4.15. The van der Waals surface area contributed by atoms with E-state index in [0.29, 0.717) is 12.1 Å². The maximum absolute atomic E-state index is 5.83. The highest BCUT2D eigenvalue weighted by atomic mass is 16.5. The van der Waals surface area contributed by atoms with Gasteiger partial charge >= 0.3 is 6.01 Å². The van der Waals surface area contributed by atoms with E-state index in [1.54, 1.807) is 0 Å². The smallest absolute Gasteiger partial charge is 0.317 e. The van der Waals surface area contributed by atoms with Crippen molar-refractivity contribution in [3.63, 3.8) is 0 Å². The van der Waals surface area contributed by atoms with Crippen LogP contribution in [0.3, 0.4) is 0 Å². The molecular weight excluding hydrogens is 262 g/mol. The number of hydrogen-bond donors (Lipinski definition) is 1. The van der Waals surface area contributed by atoms with Gasteiger partial charge in [-0.15, -0.1) is 0 Å². The molecule has 0 radical (unpaired) electrons. The van der Waals surface area contributed by atoms with Gasteiger partial charge in [-0.3, -0.25) is 0 Å². The molecule has 2 aromatic rings. The fraction of sp³-hybridized carbons (Fsp3) is 0.412. The summed E-state index contributed by atoms with van der Waals surface area (Å²) < 4.78 is 5.83. The Balaban J connectivity index is 1.64. The number of ether oxygens (including phenoxy) is 1. The van der Waals surface area contributed by atoms with Crippen LogP contribution in [0.5, 0.6) is 6.01 Å². The number of nitrogens with one attached hydrogen (secondary N) is 1. The van der Waals surface area contributed by atoms with E-state index in [4.69, 9.17) is 4.74 Å². The van der Waals surface area contributed by atoms with Crippen LogP contribution in [-0.4, -0.2) is 16.0 Å². The summed E-state index contributed by atoms with van der Waals surface area (Å²) in [6, 6.07) is 11.2. The Hall–Kier alpha value is -1.94. The van der Waals surface area contributed by atoms with E-state index in [0.717, 1.165) is 23.4 Å². The Morgan fingerprint density at radius 1 is 1.29 bits per heavy atom. The molecule has 1 N–H and O–H groups in total. The molecule has 21 heavy (non-hydrogen) atoms. The maximum atomic E-state index is 5.83. The van der Waals surface area contributed by atoms with Gasteiger partial charge in [-0.25, -0.2) is 9.97 Å². The third-order valence-corrected chi connectivity index (χ3v) is 3.77. The third kappa shape index (κ3) is 3.79. The summed E-state index contributed by atoms with van der Waals surface area (Å²) in [5, 5.41) is 3.48. The van der Waals surface area contributed by atoms with Gasteiger partial charge in [0, 0.05) is 30.0 Å². The average molecular weight is 283 g/mol. The minimum Gasteiger partial charge on any atom is -0.456 e. The predicted molar refractivity (Wildman–Crippen MR) is 82.1 cm³/mol. The molecule has 4 heteroatoms. The second-order valence-electron chi connectivity index (χ2n) is 5.59. The molecule has 1 aliphatic rings. The largest absolute Gasteiger partial charge is 0.456 e. The van der Waals surface area contributed by atoms with Crippen molar-refractivity contribution in [3.05, 3.63) is 53.3 Å². The number of rotatable bonds is 6. The standard InChI is InChI=1S/C17H21N3O/c1-12-15(10-18-16-8-9-16)11-19-17(20-12)21-13(2)14-6-4-3-5-7-14/h3-7,11,13,16,18H,8-10H2,1-2H3. The predicted octanol–water partition coefficient (Wildman–Crippen LogP) is 3.18. The van der Waals surface area contributed by atoms with Crippen LogP contribution < -0.4 is 10.1 Å². The number of aromatic nitrogens is 2. The lowest BCUT2D eigenvalue weighted by molar-refractivity contribution is 0.206. The van der Waals surface area contributed by atoms with Crippen LogP contribution in [0.15, 0.2) is 36.5 Å². The Morgan fingerprint density at radius 3 is 2.71 bits per heavy atom. The molecule has 1 saturated carbocycles. The van der Waals surface area contributed by atoms with Crippen LogP contribution in [0.4, 0.5) is 0 Å². The van der Waals surface area contributed by atoms with Crippen molar-refractivity contribution in [1.29, 1.82) is 0 Å². The van der Waals surface area contributed by atoms with Crippen LogP contribution >= 0.6 is 0 Å². The van der Waals surface area contributed by atoms with E-state index in [1.807, 2.05) is 50.4 Å². The van der Waals surface area contributed by atoms with Gasteiger partial charge in [0.2, 0.25) is 0 Å². The van der Waals surface area contributed by atoms with Crippen LogP contribution in [0.25, 0.3) is 0 Å². The van der Waals surface area contributed by atoms with E-state index >= 15 is 0 Å². The normalized spacial score (nSPS) is 15.7. The SMILES string of the molecule is Cc1nc(OC(C)c2ccccc2)ncc1CNC1CC1. The van der Waals surface area contributed by atoms with Crippen molar-refractivity contribution in [2.75, 3.05) is 0 Å². The summed E-state index contributed by atoms with van der Waals surface area (Å²) in [5.41, 5.74) is 3.24. The van der Waals surface area contributed by atoms with Gasteiger partial charge in [-0.05, 0) is 32.3 Å². The minimum atomic E-state index is -0.0546. The molecular formula is C17H21N3O. The van der Waals surface area contributed by atoms with Gasteiger partial charge in [0.15, 0.2) is 0 Å². The average Bonchev–Trinajstić information content (AvgIpc) is 3.31.